The molecule has 0 saturated heterocycles. The summed E-state index contributed by atoms with van der Waals surface area (Å²) in [4.78, 5) is 3.92. The average molecular weight is 430 g/mol. The second-order valence-electron chi connectivity index (χ2n) is 6.61. The monoisotopic (exact) mass is 429 g/mol. The molecular formula is C16H17Cl2F4N3O2. The van der Waals surface area contributed by atoms with Gasteiger partial charge in [-0.3, -0.25) is 5.10 Å². The Morgan fingerprint density at radius 3 is 2.44 bits per heavy atom. The summed E-state index contributed by atoms with van der Waals surface area (Å²) in [5.74, 6) is 0.164. The Kier molecular flexibility index (Phi) is 6.40. The van der Waals surface area contributed by atoms with Crippen molar-refractivity contribution in [2.45, 2.75) is 38.4 Å². The van der Waals surface area contributed by atoms with Crippen molar-refractivity contribution in [1.82, 2.24) is 15.2 Å². The first-order valence-corrected chi connectivity index (χ1v) is 8.47. The van der Waals surface area contributed by atoms with Crippen LogP contribution in [-0.2, 0) is 16.8 Å². The lowest BCUT2D eigenvalue weighted by molar-refractivity contribution is -0.315. The molecule has 0 amide bonds. The number of aromatic amines is 1. The summed E-state index contributed by atoms with van der Waals surface area (Å²) in [6, 6.07) is 4.24. The van der Waals surface area contributed by atoms with Gasteiger partial charge in [0.25, 0.3) is 0 Å². The van der Waals surface area contributed by atoms with E-state index < -0.39 is 30.2 Å². The van der Waals surface area contributed by atoms with E-state index in [2.05, 4.69) is 19.9 Å². The molecule has 2 N–H and O–H groups in total. The molecule has 2 rings (SSSR count). The summed E-state index contributed by atoms with van der Waals surface area (Å²) in [6.45, 7) is 1.86. The summed E-state index contributed by atoms with van der Waals surface area (Å²) < 4.78 is 55.5. The highest BCUT2D eigenvalue weighted by atomic mass is 35.5. The second-order valence-corrected chi connectivity index (χ2v) is 7.46. The Hall–Kier alpha value is -1.42. The van der Waals surface area contributed by atoms with Gasteiger partial charge in [-0.2, -0.15) is 13.9 Å². The van der Waals surface area contributed by atoms with Crippen molar-refractivity contribution in [1.29, 1.82) is 0 Å². The largest absolute Gasteiger partial charge is 0.416 e. The third-order valence-electron chi connectivity index (χ3n) is 4.25. The normalized spacial score (nSPS) is 15.2. The van der Waals surface area contributed by atoms with Crippen molar-refractivity contribution in [3.05, 3.63) is 46.0 Å². The van der Waals surface area contributed by atoms with Gasteiger partial charge in [0.15, 0.2) is 5.82 Å². The Morgan fingerprint density at radius 2 is 1.93 bits per heavy atom. The van der Waals surface area contributed by atoms with Crippen LogP contribution in [0.3, 0.4) is 0 Å². The number of rotatable bonds is 8. The molecule has 27 heavy (non-hydrogen) atoms. The molecule has 5 nitrogen and oxygen atoms in total. The van der Waals surface area contributed by atoms with Gasteiger partial charge in [0.2, 0.25) is 0 Å². The molecule has 0 aliphatic rings. The van der Waals surface area contributed by atoms with E-state index in [1.54, 1.807) is 0 Å². The maximum absolute atomic E-state index is 13.2. The third-order valence-corrected chi connectivity index (χ3v) is 4.80. The Balaban J connectivity index is 2.44. The average Bonchev–Trinajstić information content (AvgIpc) is 3.05. The van der Waals surface area contributed by atoms with Crippen LogP contribution in [0.1, 0.15) is 25.2 Å². The number of halogens is 6. The van der Waals surface area contributed by atoms with Gasteiger partial charge in [0.1, 0.15) is 11.9 Å². The Bertz CT molecular complexity index is 775. The van der Waals surface area contributed by atoms with Crippen molar-refractivity contribution < 1.29 is 27.4 Å². The van der Waals surface area contributed by atoms with E-state index in [9.17, 15) is 22.7 Å². The Morgan fingerprint density at radius 1 is 1.26 bits per heavy atom. The van der Waals surface area contributed by atoms with Crippen molar-refractivity contribution in [3.63, 3.8) is 0 Å². The molecule has 0 radical (unpaired) electrons. The zero-order chi connectivity index (χ0) is 20.5. The van der Waals surface area contributed by atoms with Gasteiger partial charge >= 0.3 is 12.5 Å². The lowest BCUT2D eigenvalue weighted by Crippen LogP contribution is -2.49. The first kappa shape index (κ1) is 21.9. The van der Waals surface area contributed by atoms with E-state index in [1.807, 2.05) is 0 Å². The van der Waals surface area contributed by atoms with Crippen LogP contribution in [-0.4, -0.2) is 39.4 Å². The predicted molar refractivity (Wildman–Crippen MR) is 91.1 cm³/mol. The number of aromatic nitrogens is 3. The van der Waals surface area contributed by atoms with Crippen molar-refractivity contribution in [2.75, 3.05) is 6.61 Å². The highest BCUT2D eigenvalue weighted by molar-refractivity contribution is 6.35. The summed E-state index contributed by atoms with van der Waals surface area (Å²) in [6.07, 6.45) is -7.64. The van der Waals surface area contributed by atoms with Crippen molar-refractivity contribution in [3.8, 4) is 0 Å². The van der Waals surface area contributed by atoms with Crippen molar-refractivity contribution >= 4 is 23.2 Å². The van der Waals surface area contributed by atoms with Crippen LogP contribution in [0.4, 0.5) is 17.6 Å². The number of aliphatic hydroxyl groups is 1. The van der Waals surface area contributed by atoms with Gasteiger partial charge < -0.3 is 9.84 Å². The lowest BCUT2D eigenvalue weighted by Gasteiger charge is -2.43. The van der Waals surface area contributed by atoms with Crippen molar-refractivity contribution in [2.24, 2.45) is 5.41 Å². The smallest absolute Gasteiger partial charge is 0.384 e. The van der Waals surface area contributed by atoms with E-state index >= 15 is 0 Å². The van der Waals surface area contributed by atoms with Gasteiger partial charge in [-0.15, -0.1) is 0 Å². The number of nitrogens with one attached hydrogen (secondary N) is 1. The number of alkyl halides is 4. The highest BCUT2D eigenvalue weighted by Gasteiger charge is 2.50. The van der Waals surface area contributed by atoms with Crippen LogP contribution in [0.25, 0.3) is 0 Å². The van der Waals surface area contributed by atoms with Gasteiger partial charge in [-0.1, -0.05) is 43.1 Å². The standard InChI is InChI=1S/C16H17Cl2F4N3O2/c1-14(2,7-27-16(21,22)13(19)20)15(26,6-12-23-8-24-25-12)10-4-3-9(17)5-11(10)18/h3-5,8,13,26H,6-7H2,1-2H3,(H,23,24,25). The number of H-pyrrole nitrogens is 1. The number of benzene rings is 1. The van der Waals surface area contributed by atoms with E-state index in [1.165, 1.54) is 38.4 Å². The number of nitrogens with zero attached hydrogens (tertiary/aromatic N) is 2. The molecule has 1 aromatic heterocycles. The maximum atomic E-state index is 13.2. The molecule has 11 heteroatoms. The second kappa shape index (κ2) is 7.90. The zero-order valence-electron chi connectivity index (χ0n) is 14.3. The molecule has 150 valence electrons. The van der Waals surface area contributed by atoms with Crippen LogP contribution >= 0.6 is 23.2 Å². The molecule has 0 aliphatic carbocycles. The van der Waals surface area contributed by atoms with E-state index in [0.717, 1.165) is 0 Å². The molecule has 2 aromatic rings. The summed E-state index contributed by atoms with van der Waals surface area (Å²) in [7, 11) is 0. The van der Waals surface area contributed by atoms with Gasteiger partial charge in [-0.25, -0.2) is 13.8 Å². The SMILES string of the molecule is CC(C)(COC(F)(F)C(F)F)C(O)(Cc1nc[nH]n1)c1ccc(Cl)cc1Cl. The molecule has 1 unspecified atom stereocenters. The third kappa shape index (κ3) is 4.71. The first-order chi connectivity index (χ1) is 12.4. The quantitative estimate of drug-likeness (QED) is 0.608. The molecule has 0 spiro atoms. The number of hydrogen-bond acceptors (Lipinski definition) is 4. The molecule has 1 atom stereocenters. The minimum absolute atomic E-state index is 0.0641. The molecular weight excluding hydrogens is 413 g/mol. The topological polar surface area (TPSA) is 71.0 Å². The summed E-state index contributed by atoms with van der Waals surface area (Å²) in [5, 5.41) is 18.1. The molecule has 0 aliphatic heterocycles. The number of hydrogen-bond donors (Lipinski definition) is 2. The van der Waals surface area contributed by atoms with E-state index in [-0.39, 0.29) is 22.8 Å². The number of ether oxygens (including phenoxy) is 1. The van der Waals surface area contributed by atoms with Crippen LogP contribution in [0, 0.1) is 5.41 Å². The van der Waals surface area contributed by atoms with Gasteiger partial charge in [0.05, 0.1) is 6.61 Å². The molecule has 0 saturated carbocycles. The van der Waals surface area contributed by atoms with E-state index in [0.29, 0.717) is 5.02 Å². The molecule has 1 aromatic carbocycles. The minimum atomic E-state index is -4.66. The highest BCUT2D eigenvalue weighted by Crippen LogP contribution is 2.46. The fraction of sp³-hybridized carbons (Fsp3) is 0.500. The zero-order valence-corrected chi connectivity index (χ0v) is 15.8. The lowest BCUT2D eigenvalue weighted by atomic mass is 9.69. The minimum Gasteiger partial charge on any atom is -0.384 e. The summed E-state index contributed by atoms with van der Waals surface area (Å²) >= 11 is 12.1. The van der Waals surface area contributed by atoms with Gasteiger partial charge in [0, 0.05) is 27.4 Å². The first-order valence-electron chi connectivity index (χ1n) is 7.71. The Labute approximate surface area is 162 Å². The fourth-order valence-electron chi connectivity index (χ4n) is 2.53. The van der Waals surface area contributed by atoms with Gasteiger partial charge in [-0.05, 0) is 12.1 Å². The molecule has 1 heterocycles. The van der Waals surface area contributed by atoms with Crippen LogP contribution in [0.2, 0.25) is 10.0 Å². The van der Waals surface area contributed by atoms with E-state index in [4.69, 9.17) is 23.2 Å². The fourth-order valence-corrected chi connectivity index (χ4v) is 3.10. The molecule has 0 fully saturated rings. The van der Waals surface area contributed by atoms with Crippen LogP contribution in [0.5, 0.6) is 0 Å². The summed E-state index contributed by atoms with van der Waals surface area (Å²) in [5.41, 5.74) is -3.29. The molecule has 0 bridgehead atoms. The maximum Gasteiger partial charge on any atom is 0.416 e. The van der Waals surface area contributed by atoms with Crippen LogP contribution < -0.4 is 0 Å². The van der Waals surface area contributed by atoms with Crippen LogP contribution in [0.15, 0.2) is 24.5 Å². The predicted octanol–water partition coefficient (Wildman–Crippen LogP) is 4.44.